The summed E-state index contributed by atoms with van der Waals surface area (Å²) < 4.78 is 23.1. The molecule has 0 fully saturated rings. The SMILES string of the molecule is CC(=O)/C=C(\C)NCC(F)F. The second-order valence-electron chi connectivity index (χ2n) is 2.21. The standard InChI is InChI=1S/C7H11F2NO/c1-5(3-6(2)11)10-4-7(8)9/h3,7,10H,4H2,1-2H3/b5-3+. The van der Waals surface area contributed by atoms with Gasteiger partial charge >= 0.3 is 0 Å². The predicted octanol–water partition coefficient (Wildman–Crippen LogP) is 1.33. The first kappa shape index (κ1) is 10.1. The molecule has 0 aromatic rings. The summed E-state index contributed by atoms with van der Waals surface area (Å²) in [7, 11) is 0. The van der Waals surface area contributed by atoms with Crippen LogP contribution in [0.15, 0.2) is 11.8 Å². The van der Waals surface area contributed by atoms with Gasteiger partial charge in [-0.2, -0.15) is 0 Å². The second-order valence-corrected chi connectivity index (χ2v) is 2.21. The molecule has 64 valence electrons. The van der Waals surface area contributed by atoms with Gasteiger partial charge in [-0.05, 0) is 19.9 Å². The van der Waals surface area contributed by atoms with E-state index in [9.17, 15) is 13.6 Å². The minimum Gasteiger partial charge on any atom is -0.383 e. The Morgan fingerprint density at radius 1 is 1.55 bits per heavy atom. The monoisotopic (exact) mass is 163 g/mol. The highest BCUT2D eigenvalue weighted by Crippen LogP contribution is 1.92. The van der Waals surface area contributed by atoms with Gasteiger partial charge in [0, 0.05) is 5.70 Å². The van der Waals surface area contributed by atoms with Crippen molar-refractivity contribution in [1.82, 2.24) is 5.32 Å². The Labute approximate surface area is 64.3 Å². The highest BCUT2D eigenvalue weighted by atomic mass is 19.3. The van der Waals surface area contributed by atoms with Crippen molar-refractivity contribution in [3.63, 3.8) is 0 Å². The Morgan fingerprint density at radius 2 is 2.09 bits per heavy atom. The summed E-state index contributed by atoms with van der Waals surface area (Å²) in [5.41, 5.74) is 0.470. The van der Waals surface area contributed by atoms with Crippen LogP contribution in [0, 0.1) is 0 Å². The van der Waals surface area contributed by atoms with E-state index in [1.807, 2.05) is 0 Å². The summed E-state index contributed by atoms with van der Waals surface area (Å²) in [4.78, 5) is 10.4. The van der Waals surface area contributed by atoms with Crippen LogP contribution >= 0.6 is 0 Å². The van der Waals surface area contributed by atoms with Gasteiger partial charge in [-0.15, -0.1) is 0 Å². The summed E-state index contributed by atoms with van der Waals surface area (Å²) in [5.74, 6) is -0.149. The maximum absolute atomic E-state index is 11.6. The molecule has 0 aliphatic heterocycles. The molecular weight excluding hydrogens is 152 g/mol. The lowest BCUT2D eigenvalue weighted by Crippen LogP contribution is -2.19. The zero-order valence-electron chi connectivity index (χ0n) is 6.53. The molecular formula is C7H11F2NO. The van der Waals surface area contributed by atoms with E-state index in [1.54, 1.807) is 6.92 Å². The first-order valence-electron chi connectivity index (χ1n) is 3.23. The molecule has 0 aliphatic rings. The average molecular weight is 163 g/mol. The first-order chi connectivity index (χ1) is 5.02. The van der Waals surface area contributed by atoms with E-state index < -0.39 is 13.0 Å². The normalized spacial score (nSPS) is 11.9. The number of carbonyl (C=O) groups is 1. The van der Waals surface area contributed by atoms with Gasteiger partial charge in [-0.3, -0.25) is 4.79 Å². The van der Waals surface area contributed by atoms with Gasteiger partial charge in [-0.25, -0.2) is 8.78 Å². The van der Waals surface area contributed by atoms with E-state index in [1.165, 1.54) is 13.0 Å². The van der Waals surface area contributed by atoms with Crippen LogP contribution in [0.4, 0.5) is 8.78 Å². The molecule has 4 heteroatoms. The topological polar surface area (TPSA) is 29.1 Å². The smallest absolute Gasteiger partial charge is 0.255 e. The predicted molar refractivity (Wildman–Crippen MR) is 38.4 cm³/mol. The summed E-state index contributed by atoms with van der Waals surface area (Å²) >= 11 is 0. The van der Waals surface area contributed by atoms with Crippen molar-refractivity contribution in [2.24, 2.45) is 0 Å². The molecule has 0 saturated carbocycles. The highest BCUT2D eigenvalue weighted by Gasteiger charge is 2.00. The first-order valence-corrected chi connectivity index (χ1v) is 3.23. The summed E-state index contributed by atoms with van der Waals surface area (Å²) in [5, 5.41) is 2.40. The van der Waals surface area contributed by atoms with Crippen molar-refractivity contribution in [1.29, 1.82) is 0 Å². The van der Waals surface area contributed by atoms with Crippen LogP contribution in [0.1, 0.15) is 13.8 Å². The van der Waals surface area contributed by atoms with E-state index in [0.29, 0.717) is 5.70 Å². The Bertz CT molecular complexity index is 166. The van der Waals surface area contributed by atoms with E-state index in [4.69, 9.17) is 0 Å². The maximum Gasteiger partial charge on any atom is 0.255 e. The molecule has 0 unspecified atom stereocenters. The maximum atomic E-state index is 11.6. The molecule has 0 spiro atoms. The number of hydrogen-bond acceptors (Lipinski definition) is 2. The van der Waals surface area contributed by atoms with Crippen LogP contribution in [0.3, 0.4) is 0 Å². The molecule has 0 amide bonds. The molecule has 0 rings (SSSR count). The summed E-state index contributed by atoms with van der Waals surface area (Å²) in [6.07, 6.45) is -1.10. The van der Waals surface area contributed by atoms with Gasteiger partial charge in [0.1, 0.15) is 0 Å². The van der Waals surface area contributed by atoms with Crippen LogP contribution in [-0.4, -0.2) is 18.8 Å². The molecule has 0 radical (unpaired) electrons. The number of ketones is 1. The van der Waals surface area contributed by atoms with Gasteiger partial charge in [0.05, 0.1) is 6.54 Å². The summed E-state index contributed by atoms with van der Waals surface area (Å²) in [6, 6.07) is 0. The molecule has 0 bridgehead atoms. The number of halogens is 2. The Morgan fingerprint density at radius 3 is 2.45 bits per heavy atom. The van der Waals surface area contributed by atoms with Crippen LogP contribution in [0.5, 0.6) is 0 Å². The van der Waals surface area contributed by atoms with Gasteiger partial charge in [0.25, 0.3) is 6.43 Å². The minimum atomic E-state index is -2.38. The van der Waals surface area contributed by atoms with Gasteiger partial charge in [-0.1, -0.05) is 0 Å². The fourth-order valence-corrected chi connectivity index (χ4v) is 0.594. The number of rotatable bonds is 4. The van der Waals surface area contributed by atoms with Crippen molar-refractivity contribution in [3.05, 3.63) is 11.8 Å². The third kappa shape index (κ3) is 6.96. The largest absolute Gasteiger partial charge is 0.383 e. The highest BCUT2D eigenvalue weighted by molar-refractivity contribution is 5.87. The van der Waals surface area contributed by atoms with Crippen LogP contribution in [0.2, 0.25) is 0 Å². The molecule has 11 heavy (non-hydrogen) atoms. The number of hydrogen-bond donors (Lipinski definition) is 1. The lowest BCUT2D eigenvalue weighted by molar-refractivity contribution is -0.112. The molecule has 0 aromatic carbocycles. The Hall–Kier alpha value is -0.930. The Kier molecular flexibility index (Phi) is 4.41. The summed E-state index contributed by atoms with van der Waals surface area (Å²) in [6.45, 7) is 2.53. The van der Waals surface area contributed by atoms with E-state index in [2.05, 4.69) is 5.32 Å². The van der Waals surface area contributed by atoms with Crippen molar-refractivity contribution in [2.45, 2.75) is 20.3 Å². The molecule has 0 saturated heterocycles. The third-order valence-electron chi connectivity index (χ3n) is 0.955. The molecule has 0 atom stereocenters. The molecule has 0 heterocycles. The fourth-order valence-electron chi connectivity index (χ4n) is 0.594. The number of nitrogens with one attached hydrogen (secondary N) is 1. The lowest BCUT2D eigenvalue weighted by atomic mass is 10.3. The zero-order valence-corrected chi connectivity index (χ0v) is 6.53. The van der Waals surface area contributed by atoms with Crippen molar-refractivity contribution in [3.8, 4) is 0 Å². The number of carbonyl (C=O) groups excluding carboxylic acids is 1. The van der Waals surface area contributed by atoms with E-state index in [0.717, 1.165) is 0 Å². The van der Waals surface area contributed by atoms with Gasteiger partial charge in [0.15, 0.2) is 5.78 Å². The van der Waals surface area contributed by atoms with Crippen molar-refractivity contribution < 1.29 is 13.6 Å². The van der Waals surface area contributed by atoms with E-state index in [-0.39, 0.29) is 5.78 Å². The zero-order chi connectivity index (χ0) is 8.85. The second kappa shape index (κ2) is 4.82. The van der Waals surface area contributed by atoms with Gasteiger partial charge < -0.3 is 5.32 Å². The van der Waals surface area contributed by atoms with Crippen LogP contribution < -0.4 is 5.32 Å². The van der Waals surface area contributed by atoms with E-state index >= 15 is 0 Å². The average Bonchev–Trinajstić information content (AvgIpc) is 1.82. The number of alkyl halides is 2. The van der Waals surface area contributed by atoms with Crippen LogP contribution in [-0.2, 0) is 4.79 Å². The number of allylic oxidation sites excluding steroid dienone is 2. The third-order valence-corrected chi connectivity index (χ3v) is 0.955. The minimum absolute atomic E-state index is 0.149. The van der Waals surface area contributed by atoms with Crippen molar-refractivity contribution >= 4 is 5.78 Å². The van der Waals surface area contributed by atoms with Gasteiger partial charge in [0.2, 0.25) is 0 Å². The molecule has 0 aliphatic carbocycles. The molecule has 0 aromatic heterocycles. The fraction of sp³-hybridized carbons (Fsp3) is 0.571. The lowest BCUT2D eigenvalue weighted by Gasteiger charge is -2.03. The Balaban J connectivity index is 3.68. The van der Waals surface area contributed by atoms with Crippen molar-refractivity contribution in [2.75, 3.05) is 6.54 Å². The molecule has 2 nitrogen and oxygen atoms in total. The quantitative estimate of drug-likeness (QED) is 0.633. The van der Waals surface area contributed by atoms with Crippen LogP contribution in [0.25, 0.3) is 0 Å². The molecule has 1 N–H and O–H groups in total.